The number of nitro groups is 1. The lowest BCUT2D eigenvalue weighted by molar-refractivity contribution is -0.385. The highest BCUT2D eigenvalue weighted by molar-refractivity contribution is 5.43. The van der Waals surface area contributed by atoms with Gasteiger partial charge in [-0.2, -0.15) is 0 Å². The highest BCUT2D eigenvalue weighted by Crippen LogP contribution is 2.30. The lowest BCUT2D eigenvalue weighted by Gasteiger charge is -2.33. The standard InChI is InChI=1S/C16H16FN3O2/c17-14-3-1-12(2-4-14)13-7-9-19(10-8-13)16-6-5-15(11-18-16)20(21)22/h1-6,11,13H,7-10H2. The summed E-state index contributed by atoms with van der Waals surface area (Å²) in [5, 5.41) is 10.6. The molecule has 2 heterocycles. The van der Waals surface area contributed by atoms with Gasteiger partial charge in [0.2, 0.25) is 0 Å². The van der Waals surface area contributed by atoms with E-state index in [0.29, 0.717) is 5.92 Å². The molecule has 0 spiro atoms. The second-order valence-corrected chi connectivity index (χ2v) is 5.44. The SMILES string of the molecule is O=[N+]([O-])c1ccc(N2CCC(c3ccc(F)cc3)CC2)nc1. The highest BCUT2D eigenvalue weighted by atomic mass is 19.1. The number of halogens is 1. The molecular formula is C16H16FN3O2. The molecule has 1 saturated heterocycles. The lowest BCUT2D eigenvalue weighted by atomic mass is 9.89. The molecule has 0 aliphatic carbocycles. The maximum Gasteiger partial charge on any atom is 0.287 e. The Morgan fingerprint density at radius 3 is 2.36 bits per heavy atom. The summed E-state index contributed by atoms with van der Waals surface area (Å²) in [5.41, 5.74) is 1.17. The first-order valence-corrected chi connectivity index (χ1v) is 7.24. The first kappa shape index (κ1) is 14.4. The van der Waals surface area contributed by atoms with E-state index < -0.39 is 4.92 Å². The topological polar surface area (TPSA) is 59.3 Å². The normalized spacial score (nSPS) is 15.8. The van der Waals surface area contributed by atoms with Crippen molar-refractivity contribution in [1.82, 2.24) is 4.98 Å². The van der Waals surface area contributed by atoms with Crippen molar-refractivity contribution in [1.29, 1.82) is 0 Å². The molecule has 0 amide bonds. The molecule has 2 aromatic rings. The highest BCUT2D eigenvalue weighted by Gasteiger charge is 2.21. The van der Waals surface area contributed by atoms with Crippen molar-refractivity contribution in [3.8, 4) is 0 Å². The van der Waals surface area contributed by atoms with Crippen LogP contribution in [0.2, 0.25) is 0 Å². The van der Waals surface area contributed by atoms with E-state index in [9.17, 15) is 14.5 Å². The quantitative estimate of drug-likeness (QED) is 0.643. The molecule has 0 saturated carbocycles. The predicted molar refractivity (Wildman–Crippen MR) is 81.5 cm³/mol. The number of rotatable bonds is 3. The van der Waals surface area contributed by atoms with Gasteiger partial charge in [-0.15, -0.1) is 0 Å². The molecule has 6 heteroatoms. The Labute approximate surface area is 127 Å². The van der Waals surface area contributed by atoms with E-state index in [4.69, 9.17) is 0 Å². The number of hydrogen-bond donors (Lipinski definition) is 0. The van der Waals surface area contributed by atoms with Gasteiger partial charge in [0.15, 0.2) is 0 Å². The van der Waals surface area contributed by atoms with Gasteiger partial charge in [-0.3, -0.25) is 10.1 Å². The smallest absolute Gasteiger partial charge is 0.287 e. The van der Waals surface area contributed by atoms with Crippen LogP contribution in [-0.4, -0.2) is 23.0 Å². The molecule has 5 nitrogen and oxygen atoms in total. The fraction of sp³-hybridized carbons (Fsp3) is 0.312. The van der Waals surface area contributed by atoms with Gasteiger partial charge in [-0.1, -0.05) is 12.1 Å². The van der Waals surface area contributed by atoms with Crippen molar-refractivity contribution in [2.45, 2.75) is 18.8 Å². The summed E-state index contributed by atoms with van der Waals surface area (Å²) in [5.74, 6) is 0.981. The third kappa shape index (κ3) is 3.05. The molecular weight excluding hydrogens is 285 g/mol. The van der Waals surface area contributed by atoms with Crippen LogP contribution in [0.5, 0.6) is 0 Å². The van der Waals surface area contributed by atoms with Crippen LogP contribution in [-0.2, 0) is 0 Å². The van der Waals surface area contributed by atoms with Crippen LogP contribution in [0.3, 0.4) is 0 Å². The average molecular weight is 301 g/mol. The molecule has 0 bridgehead atoms. The average Bonchev–Trinajstić information content (AvgIpc) is 2.56. The van der Waals surface area contributed by atoms with E-state index in [1.54, 1.807) is 6.07 Å². The van der Waals surface area contributed by atoms with Gasteiger partial charge in [0.1, 0.15) is 17.8 Å². The summed E-state index contributed by atoms with van der Waals surface area (Å²) in [6.45, 7) is 1.68. The number of pyridine rings is 1. The van der Waals surface area contributed by atoms with Gasteiger partial charge in [0, 0.05) is 19.2 Å². The van der Waals surface area contributed by atoms with E-state index in [-0.39, 0.29) is 11.5 Å². The second kappa shape index (κ2) is 6.09. The van der Waals surface area contributed by atoms with E-state index >= 15 is 0 Å². The molecule has 1 aliphatic heterocycles. The Bertz CT molecular complexity index is 650. The van der Waals surface area contributed by atoms with Crippen LogP contribution >= 0.6 is 0 Å². The summed E-state index contributed by atoms with van der Waals surface area (Å²) in [7, 11) is 0. The van der Waals surface area contributed by atoms with Crippen LogP contribution in [0.25, 0.3) is 0 Å². The summed E-state index contributed by atoms with van der Waals surface area (Å²) in [4.78, 5) is 16.5. The lowest BCUT2D eigenvalue weighted by Crippen LogP contribution is -2.33. The van der Waals surface area contributed by atoms with E-state index in [0.717, 1.165) is 37.3 Å². The molecule has 0 N–H and O–H groups in total. The minimum atomic E-state index is -0.447. The zero-order chi connectivity index (χ0) is 15.5. The van der Waals surface area contributed by atoms with Crippen molar-refractivity contribution in [3.05, 3.63) is 64.1 Å². The fourth-order valence-electron chi connectivity index (χ4n) is 2.85. The van der Waals surface area contributed by atoms with Crippen LogP contribution < -0.4 is 4.90 Å². The Balaban J connectivity index is 1.63. The van der Waals surface area contributed by atoms with Crippen molar-refractivity contribution in [2.75, 3.05) is 18.0 Å². The van der Waals surface area contributed by atoms with E-state index in [2.05, 4.69) is 9.88 Å². The first-order valence-electron chi connectivity index (χ1n) is 7.24. The number of aromatic nitrogens is 1. The molecule has 1 fully saturated rings. The third-order valence-electron chi connectivity index (χ3n) is 4.10. The molecule has 22 heavy (non-hydrogen) atoms. The van der Waals surface area contributed by atoms with E-state index in [1.807, 2.05) is 12.1 Å². The maximum absolute atomic E-state index is 13.0. The van der Waals surface area contributed by atoms with Crippen LogP contribution in [0, 0.1) is 15.9 Å². The third-order valence-corrected chi connectivity index (χ3v) is 4.10. The first-order chi connectivity index (χ1) is 10.6. The van der Waals surface area contributed by atoms with Crippen molar-refractivity contribution < 1.29 is 9.31 Å². The number of nitrogens with zero attached hydrogens (tertiary/aromatic N) is 3. The molecule has 1 aromatic heterocycles. The minimum absolute atomic E-state index is 0.00458. The van der Waals surface area contributed by atoms with Crippen molar-refractivity contribution in [3.63, 3.8) is 0 Å². The Kier molecular flexibility index (Phi) is 4.00. The van der Waals surface area contributed by atoms with Gasteiger partial charge >= 0.3 is 0 Å². The predicted octanol–water partition coefficient (Wildman–Crippen LogP) is 3.51. The molecule has 3 rings (SSSR count). The fourth-order valence-corrected chi connectivity index (χ4v) is 2.85. The van der Waals surface area contributed by atoms with Gasteiger partial charge in [-0.25, -0.2) is 9.37 Å². The largest absolute Gasteiger partial charge is 0.357 e. The monoisotopic (exact) mass is 301 g/mol. The molecule has 1 aromatic carbocycles. The molecule has 0 unspecified atom stereocenters. The number of anilines is 1. The van der Waals surface area contributed by atoms with Crippen molar-refractivity contribution in [2.24, 2.45) is 0 Å². The summed E-state index contributed by atoms with van der Waals surface area (Å²) in [6, 6.07) is 9.86. The summed E-state index contributed by atoms with van der Waals surface area (Å²) >= 11 is 0. The Hall–Kier alpha value is -2.50. The molecule has 1 aliphatic rings. The van der Waals surface area contributed by atoms with Gasteiger partial charge < -0.3 is 4.90 Å². The number of benzene rings is 1. The molecule has 0 atom stereocenters. The van der Waals surface area contributed by atoms with Crippen LogP contribution in [0.4, 0.5) is 15.9 Å². The Morgan fingerprint density at radius 2 is 1.82 bits per heavy atom. The van der Waals surface area contributed by atoms with E-state index in [1.165, 1.54) is 24.4 Å². The van der Waals surface area contributed by atoms with Gasteiger partial charge in [0.05, 0.1) is 4.92 Å². The molecule has 0 radical (unpaired) electrons. The maximum atomic E-state index is 13.0. The molecule has 114 valence electrons. The number of piperidine rings is 1. The van der Waals surface area contributed by atoms with Crippen LogP contribution in [0.1, 0.15) is 24.3 Å². The zero-order valence-corrected chi connectivity index (χ0v) is 12.0. The van der Waals surface area contributed by atoms with Crippen molar-refractivity contribution >= 4 is 11.5 Å². The zero-order valence-electron chi connectivity index (χ0n) is 12.0. The minimum Gasteiger partial charge on any atom is -0.357 e. The second-order valence-electron chi connectivity index (χ2n) is 5.44. The van der Waals surface area contributed by atoms with Gasteiger partial charge in [-0.05, 0) is 42.5 Å². The summed E-state index contributed by atoms with van der Waals surface area (Å²) < 4.78 is 13.0. The van der Waals surface area contributed by atoms with Crippen LogP contribution in [0.15, 0.2) is 42.6 Å². The Morgan fingerprint density at radius 1 is 1.14 bits per heavy atom. The summed E-state index contributed by atoms with van der Waals surface area (Å²) in [6.07, 6.45) is 3.22. The number of hydrogen-bond acceptors (Lipinski definition) is 4. The van der Waals surface area contributed by atoms with Gasteiger partial charge in [0.25, 0.3) is 5.69 Å².